The molecule has 0 aromatic heterocycles. The van der Waals surface area contributed by atoms with Crippen LogP contribution in [0, 0.1) is 0 Å². The molecule has 1 fully saturated rings. The molecular formula is C32H42N6. The molecule has 4 aromatic rings. The van der Waals surface area contributed by atoms with Crippen LogP contribution in [0.5, 0.6) is 0 Å². The molecular weight excluding hydrogens is 468 g/mol. The van der Waals surface area contributed by atoms with Gasteiger partial charge in [0.05, 0.1) is 0 Å². The van der Waals surface area contributed by atoms with Crippen LogP contribution in [0.15, 0.2) is 84.9 Å². The van der Waals surface area contributed by atoms with Crippen LogP contribution in [0.25, 0.3) is 21.5 Å². The highest BCUT2D eigenvalue weighted by atomic mass is 15.3. The molecule has 0 radical (unpaired) electrons. The molecule has 1 saturated heterocycles. The smallest absolute Gasteiger partial charge is 0.0499 e. The van der Waals surface area contributed by atoms with Gasteiger partial charge in [-0.05, 0) is 58.7 Å². The molecule has 4 aromatic carbocycles. The molecule has 0 spiro atoms. The molecule has 38 heavy (non-hydrogen) atoms. The standard InChI is InChI=1S/C32H42N6/c1-25(29-13-11-27-7-3-5-9-31(27)19-29)37-21-33-15-17-35-23-38(24-36-18-16-34-22-37)26(2)30-14-12-28-8-4-6-10-32(28)20-30/h3-14,19-20,25-26,33-36H,15-18,21-24H2,1-2H3/t25-,26-/m1/s1. The van der Waals surface area contributed by atoms with Crippen molar-refractivity contribution < 1.29 is 0 Å². The van der Waals surface area contributed by atoms with Crippen molar-refractivity contribution in [3.8, 4) is 0 Å². The highest BCUT2D eigenvalue weighted by Crippen LogP contribution is 2.25. The molecule has 6 nitrogen and oxygen atoms in total. The van der Waals surface area contributed by atoms with Gasteiger partial charge in [-0.2, -0.15) is 0 Å². The number of fused-ring (bicyclic) bond motifs is 2. The monoisotopic (exact) mass is 510 g/mol. The molecule has 0 unspecified atom stereocenters. The van der Waals surface area contributed by atoms with E-state index in [1.54, 1.807) is 0 Å². The number of rotatable bonds is 4. The molecule has 1 aliphatic heterocycles. The van der Waals surface area contributed by atoms with E-state index >= 15 is 0 Å². The van der Waals surface area contributed by atoms with Gasteiger partial charge in [0.1, 0.15) is 0 Å². The molecule has 2 atom stereocenters. The predicted molar refractivity (Wildman–Crippen MR) is 160 cm³/mol. The third-order valence-corrected chi connectivity index (χ3v) is 7.82. The number of hydrogen-bond acceptors (Lipinski definition) is 6. The van der Waals surface area contributed by atoms with Gasteiger partial charge in [0, 0.05) is 64.9 Å². The van der Waals surface area contributed by atoms with Crippen molar-refractivity contribution in [1.29, 1.82) is 0 Å². The number of nitrogens with zero attached hydrogens (tertiary/aromatic N) is 2. The summed E-state index contributed by atoms with van der Waals surface area (Å²) >= 11 is 0. The van der Waals surface area contributed by atoms with Gasteiger partial charge in [-0.15, -0.1) is 0 Å². The van der Waals surface area contributed by atoms with E-state index in [-0.39, 0.29) is 0 Å². The second kappa shape index (κ2) is 13.3. The van der Waals surface area contributed by atoms with Gasteiger partial charge in [0.25, 0.3) is 0 Å². The van der Waals surface area contributed by atoms with E-state index < -0.39 is 0 Å². The van der Waals surface area contributed by atoms with E-state index in [4.69, 9.17) is 0 Å². The topological polar surface area (TPSA) is 54.6 Å². The Morgan fingerprint density at radius 1 is 0.474 bits per heavy atom. The fraction of sp³-hybridized carbons (Fsp3) is 0.375. The fourth-order valence-corrected chi connectivity index (χ4v) is 5.26. The summed E-state index contributed by atoms with van der Waals surface area (Å²) in [6.45, 7) is 11.7. The van der Waals surface area contributed by atoms with Crippen molar-refractivity contribution in [2.45, 2.75) is 25.9 Å². The number of nitrogens with one attached hydrogen (secondary N) is 4. The summed E-state index contributed by atoms with van der Waals surface area (Å²) in [6.07, 6.45) is 0. The number of hydrogen-bond donors (Lipinski definition) is 4. The van der Waals surface area contributed by atoms with Crippen LogP contribution in [-0.2, 0) is 0 Å². The Hall–Kier alpha value is -2.84. The average molecular weight is 511 g/mol. The van der Waals surface area contributed by atoms with Crippen LogP contribution < -0.4 is 21.3 Å². The number of benzene rings is 4. The third-order valence-electron chi connectivity index (χ3n) is 7.82. The van der Waals surface area contributed by atoms with Gasteiger partial charge in [-0.25, -0.2) is 0 Å². The second-order valence-electron chi connectivity index (χ2n) is 10.4. The Morgan fingerprint density at radius 2 is 0.816 bits per heavy atom. The Morgan fingerprint density at radius 3 is 1.18 bits per heavy atom. The van der Waals surface area contributed by atoms with E-state index in [9.17, 15) is 0 Å². The second-order valence-corrected chi connectivity index (χ2v) is 10.4. The zero-order chi connectivity index (χ0) is 26.2. The first-order valence-electron chi connectivity index (χ1n) is 14.0. The first-order valence-corrected chi connectivity index (χ1v) is 14.0. The zero-order valence-electron chi connectivity index (χ0n) is 22.8. The van der Waals surface area contributed by atoms with Crippen molar-refractivity contribution >= 4 is 21.5 Å². The highest BCUT2D eigenvalue weighted by molar-refractivity contribution is 5.83. The lowest BCUT2D eigenvalue weighted by Crippen LogP contribution is -2.48. The van der Waals surface area contributed by atoms with Crippen LogP contribution in [-0.4, -0.2) is 62.7 Å². The normalized spacial score (nSPS) is 19.2. The van der Waals surface area contributed by atoms with Crippen LogP contribution in [0.1, 0.15) is 37.1 Å². The van der Waals surface area contributed by atoms with Gasteiger partial charge in [0.2, 0.25) is 0 Å². The molecule has 200 valence electrons. The summed E-state index contributed by atoms with van der Waals surface area (Å²) in [6, 6.07) is 31.5. The minimum absolute atomic E-state index is 0.312. The van der Waals surface area contributed by atoms with Crippen LogP contribution >= 0.6 is 0 Å². The van der Waals surface area contributed by atoms with E-state index in [0.717, 1.165) is 52.9 Å². The summed E-state index contributed by atoms with van der Waals surface area (Å²) in [4.78, 5) is 4.95. The van der Waals surface area contributed by atoms with E-state index in [1.165, 1.54) is 32.7 Å². The highest BCUT2D eigenvalue weighted by Gasteiger charge is 2.18. The van der Waals surface area contributed by atoms with Gasteiger partial charge < -0.3 is 21.3 Å². The van der Waals surface area contributed by atoms with Gasteiger partial charge in [-0.3, -0.25) is 9.80 Å². The summed E-state index contributed by atoms with van der Waals surface area (Å²) in [5, 5.41) is 19.8. The fourth-order valence-electron chi connectivity index (χ4n) is 5.26. The quantitative estimate of drug-likeness (QED) is 0.322. The van der Waals surface area contributed by atoms with Crippen molar-refractivity contribution in [3.63, 3.8) is 0 Å². The van der Waals surface area contributed by atoms with E-state index in [1.807, 2.05) is 0 Å². The summed E-state index contributed by atoms with van der Waals surface area (Å²) in [5.41, 5.74) is 2.70. The van der Waals surface area contributed by atoms with E-state index in [0.29, 0.717) is 12.1 Å². The average Bonchev–Trinajstić information content (AvgIpc) is 2.97. The molecule has 1 aliphatic rings. The maximum Gasteiger partial charge on any atom is 0.0499 e. The lowest BCUT2D eigenvalue weighted by atomic mass is 10.0. The zero-order valence-corrected chi connectivity index (χ0v) is 22.8. The molecule has 4 N–H and O–H groups in total. The molecule has 0 amide bonds. The van der Waals surface area contributed by atoms with E-state index in [2.05, 4.69) is 130 Å². The molecule has 0 saturated carbocycles. The molecule has 1 heterocycles. The summed E-state index contributed by atoms with van der Waals surface area (Å²) in [7, 11) is 0. The first kappa shape index (κ1) is 26.8. The largest absolute Gasteiger partial charge is 0.303 e. The summed E-state index contributed by atoms with van der Waals surface area (Å²) in [5.74, 6) is 0. The minimum Gasteiger partial charge on any atom is -0.303 e. The summed E-state index contributed by atoms with van der Waals surface area (Å²) < 4.78 is 0. The van der Waals surface area contributed by atoms with Crippen LogP contribution in [0.4, 0.5) is 0 Å². The predicted octanol–water partition coefficient (Wildman–Crippen LogP) is 4.62. The molecule has 0 aliphatic carbocycles. The van der Waals surface area contributed by atoms with Crippen molar-refractivity contribution in [1.82, 2.24) is 31.1 Å². The Kier molecular flexibility index (Phi) is 9.36. The van der Waals surface area contributed by atoms with Gasteiger partial charge >= 0.3 is 0 Å². The van der Waals surface area contributed by atoms with Crippen LogP contribution in [0.2, 0.25) is 0 Å². The first-order chi connectivity index (χ1) is 18.7. The minimum atomic E-state index is 0.312. The Labute approximate surface area is 227 Å². The van der Waals surface area contributed by atoms with Gasteiger partial charge in [0.15, 0.2) is 0 Å². The maximum atomic E-state index is 3.66. The molecule has 0 bridgehead atoms. The Bertz CT molecular complexity index is 1190. The maximum absolute atomic E-state index is 3.66. The SMILES string of the molecule is C[C@H](c1ccc2ccccc2c1)N1CNCCNCN([C@H](C)c2ccc3ccccc3c2)CNCCNC1. The Balaban J connectivity index is 1.18. The third kappa shape index (κ3) is 6.77. The van der Waals surface area contributed by atoms with Crippen LogP contribution in [0.3, 0.4) is 0 Å². The lowest BCUT2D eigenvalue weighted by molar-refractivity contribution is 0.163. The molecule has 5 rings (SSSR count). The molecule has 6 heteroatoms. The van der Waals surface area contributed by atoms with Gasteiger partial charge in [-0.1, -0.05) is 72.8 Å². The van der Waals surface area contributed by atoms with Crippen molar-refractivity contribution in [2.75, 3.05) is 52.9 Å². The van der Waals surface area contributed by atoms with Crippen molar-refractivity contribution in [3.05, 3.63) is 96.1 Å². The lowest BCUT2D eigenvalue weighted by Gasteiger charge is -2.32. The van der Waals surface area contributed by atoms with Crippen molar-refractivity contribution in [2.24, 2.45) is 0 Å².